The smallest absolute Gasteiger partial charge is 0.149 e. The van der Waals surface area contributed by atoms with E-state index in [1.54, 1.807) is 0 Å². The van der Waals surface area contributed by atoms with Crippen molar-refractivity contribution < 1.29 is 0 Å². The molecule has 0 atom stereocenters. The van der Waals surface area contributed by atoms with Gasteiger partial charge in [-0.2, -0.15) is 5.26 Å². The highest BCUT2D eigenvalue weighted by molar-refractivity contribution is 5.51. The van der Waals surface area contributed by atoms with Crippen LogP contribution in [-0.4, -0.2) is 30.1 Å². The summed E-state index contributed by atoms with van der Waals surface area (Å²) in [6.45, 7) is 1.21. The maximum atomic E-state index is 8.75. The topological polar surface area (TPSA) is 78.8 Å². The Morgan fingerprint density at radius 2 is 2.46 bits per heavy atom. The minimum absolute atomic E-state index is 0.471. The van der Waals surface area contributed by atoms with Crippen molar-refractivity contribution in [2.75, 3.05) is 25.0 Å². The molecule has 1 rings (SSSR count). The first-order valence-electron chi connectivity index (χ1n) is 3.91. The van der Waals surface area contributed by atoms with Crippen LogP contribution in [0.2, 0.25) is 0 Å². The Balaban J connectivity index is 2.93. The van der Waals surface area contributed by atoms with Gasteiger partial charge in [0.15, 0.2) is 0 Å². The second-order valence-electron chi connectivity index (χ2n) is 2.58. The Morgan fingerprint density at radius 1 is 1.69 bits per heavy atom. The second kappa shape index (κ2) is 4.38. The van der Waals surface area contributed by atoms with Crippen molar-refractivity contribution in [3.05, 3.63) is 18.1 Å². The average molecular weight is 177 g/mol. The van der Waals surface area contributed by atoms with E-state index >= 15 is 0 Å². The third-order valence-electron chi connectivity index (χ3n) is 1.64. The van der Waals surface area contributed by atoms with Gasteiger partial charge in [0, 0.05) is 20.1 Å². The maximum Gasteiger partial charge on any atom is 0.149 e. The van der Waals surface area contributed by atoms with Gasteiger partial charge >= 0.3 is 0 Å². The zero-order chi connectivity index (χ0) is 9.68. The molecule has 0 bridgehead atoms. The monoisotopic (exact) mass is 177 g/mol. The van der Waals surface area contributed by atoms with Gasteiger partial charge in [-0.25, -0.2) is 9.97 Å². The fourth-order valence-corrected chi connectivity index (χ4v) is 1.01. The summed E-state index contributed by atoms with van der Waals surface area (Å²) >= 11 is 0. The van der Waals surface area contributed by atoms with E-state index in [0.717, 1.165) is 0 Å². The molecule has 0 radical (unpaired) electrons. The van der Waals surface area contributed by atoms with E-state index in [2.05, 4.69) is 9.97 Å². The summed E-state index contributed by atoms with van der Waals surface area (Å²) in [6.07, 6.45) is 2.92. The zero-order valence-electron chi connectivity index (χ0n) is 7.44. The van der Waals surface area contributed by atoms with Crippen LogP contribution < -0.4 is 10.6 Å². The largest absolute Gasteiger partial charge is 0.357 e. The number of likely N-dealkylation sites (N-methyl/N-ethyl adjacent to an activating group) is 1. The van der Waals surface area contributed by atoms with Gasteiger partial charge in [0.25, 0.3) is 0 Å². The first-order chi connectivity index (χ1) is 6.29. The number of hydrogen-bond acceptors (Lipinski definition) is 5. The normalized spacial score (nSPS) is 9.31. The highest BCUT2D eigenvalue weighted by Gasteiger charge is 2.06. The first-order valence-corrected chi connectivity index (χ1v) is 3.91. The Labute approximate surface area is 76.8 Å². The summed E-state index contributed by atoms with van der Waals surface area (Å²) in [6, 6.07) is 2.03. The number of nitriles is 1. The fraction of sp³-hybridized carbons (Fsp3) is 0.375. The predicted octanol–water partition coefficient (Wildman–Crippen LogP) is -0.257. The van der Waals surface area contributed by atoms with Gasteiger partial charge in [0.05, 0.1) is 6.20 Å². The van der Waals surface area contributed by atoms with Crippen LogP contribution in [0, 0.1) is 11.3 Å². The van der Waals surface area contributed by atoms with Gasteiger partial charge in [0.2, 0.25) is 0 Å². The van der Waals surface area contributed by atoms with Gasteiger partial charge in [0.1, 0.15) is 23.8 Å². The molecule has 0 aliphatic carbocycles. The van der Waals surface area contributed by atoms with Gasteiger partial charge < -0.3 is 10.6 Å². The predicted molar refractivity (Wildman–Crippen MR) is 49.1 cm³/mol. The summed E-state index contributed by atoms with van der Waals surface area (Å²) in [5.74, 6) is 0.628. The maximum absolute atomic E-state index is 8.75. The van der Waals surface area contributed by atoms with Gasteiger partial charge in [-0.05, 0) is 0 Å². The lowest BCUT2D eigenvalue weighted by Gasteiger charge is -2.17. The van der Waals surface area contributed by atoms with Crippen LogP contribution in [0.25, 0.3) is 0 Å². The second-order valence-corrected chi connectivity index (χ2v) is 2.58. The average Bonchev–Trinajstić information content (AvgIpc) is 2.18. The SMILES string of the molecule is CN(CCN)c1ncncc1C#N. The molecule has 0 unspecified atom stereocenters. The van der Waals surface area contributed by atoms with E-state index in [1.807, 2.05) is 18.0 Å². The zero-order valence-corrected chi connectivity index (χ0v) is 7.44. The molecule has 0 aromatic carbocycles. The highest BCUT2D eigenvalue weighted by atomic mass is 15.2. The van der Waals surface area contributed by atoms with Crippen LogP contribution in [0.5, 0.6) is 0 Å². The minimum Gasteiger partial charge on any atom is -0.357 e. The molecule has 0 aliphatic heterocycles. The van der Waals surface area contributed by atoms with Crippen LogP contribution in [0.3, 0.4) is 0 Å². The van der Waals surface area contributed by atoms with Crippen molar-refractivity contribution in [2.24, 2.45) is 5.73 Å². The van der Waals surface area contributed by atoms with Crippen molar-refractivity contribution in [3.63, 3.8) is 0 Å². The lowest BCUT2D eigenvalue weighted by molar-refractivity contribution is 0.861. The van der Waals surface area contributed by atoms with Gasteiger partial charge in [-0.1, -0.05) is 0 Å². The molecule has 13 heavy (non-hydrogen) atoms. The number of nitrogens with two attached hydrogens (primary N) is 1. The van der Waals surface area contributed by atoms with Crippen molar-refractivity contribution in [3.8, 4) is 6.07 Å². The molecule has 0 fully saturated rings. The number of aromatic nitrogens is 2. The van der Waals surface area contributed by atoms with Crippen molar-refractivity contribution in [1.29, 1.82) is 5.26 Å². The summed E-state index contributed by atoms with van der Waals surface area (Å²) in [5, 5.41) is 8.75. The van der Waals surface area contributed by atoms with Crippen molar-refractivity contribution in [1.82, 2.24) is 9.97 Å². The summed E-state index contributed by atoms with van der Waals surface area (Å²) in [7, 11) is 1.84. The molecule has 1 aromatic heterocycles. The number of anilines is 1. The minimum atomic E-state index is 0.471. The van der Waals surface area contributed by atoms with Crippen LogP contribution >= 0.6 is 0 Å². The highest BCUT2D eigenvalue weighted by Crippen LogP contribution is 2.11. The molecule has 0 spiro atoms. The summed E-state index contributed by atoms with van der Waals surface area (Å²) in [4.78, 5) is 9.61. The molecule has 1 aromatic rings. The molecular formula is C8H11N5. The first kappa shape index (κ1) is 9.42. The van der Waals surface area contributed by atoms with Gasteiger partial charge in [-0.3, -0.25) is 0 Å². The molecule has 1 heterocycles. The van der Waals surface area contributed by atoms with E-state index in [1.165, 1.54) is 12.5 Å². The van der Waals surface area contributed by atoms with E-state index < -0.39 is 0 Å². The Bertz CT molecular complexity index is 317. The molecule has 5 nitrogen and oxygen atoms in total. The lowest BCUT2D eigenvalue weighted by Crippen LogP contribution is -2.26. The third kappa shape index (κ3) is 2.13. The molecule has 0 aliphatic rings. The molecule has 5 heteroatoms. The molecule has 68 valence electrons. The van der Waals surface area contributed by atoms with Gasteiger partial charge in [-0.15, -0.1) is 0 Å². The standard InChI is InChI=1S/C8H11N5/c1-13(3-2-9)8-7(4-10)5-11-6-12-8/h5-6H,2-3,9H2,1H3. The molecule has 0 saturated carbocycles. The molecule has 0 saturated heterocycles. The Kier molecular flexibility index (Phi) is 3.17. The molecule has 2 N–H and O–H groups in total. The lowest BCUT2D eigenvalue weighted by atomic mass is 10.3. The van der Waals surface area contributed by atoms with Crippen molar-refractivity contribution >= 4 is 5.82 Å². The van der Waals surface area contributed by atoms with E-state index in [-0.39, 0.29) is 0 Å². The van der Waals surface area contributed by atoms with E-state index in [9.17, 15) is 0 Å². The van der Waals surface area contributed by atoms with E-state index in [0.29, 0.717) is 24.5 Å². The van der Waals surface area contributed by atoms with E-state index in [4.69, 9.17) is 11.0 Å². The number of hydrogen-bond donors (Lipinski definition) is 1. The summed E-state index contributed by atoms with van der Waals surface area (Å²) < 4.78 is 0. The quantitative estimate of drug-likeness (QED) is 0.688. The molecule has 0 amide bonds. The summed E-state index contributed by atoms with van der Waals surface area (Å²) in [5.41, 5.74) is 5.86. The Morgan fingerprint density at radius 3 is 3.08 bits per heavy atom. The fourth-order valence-electron chi connectivity index (χ4n) is 1.01. The van der Waals surface area contributed by atoms with Crippen LogP contribution in [0.1, 0.15) is 5.56 Å². The van der Waals surface area contributed by atoms with Crippen molar-refractivity contribution in [2.45, 2.75) is 0 Å². The number of rotatable bonds is 3. The van der Waals surface area contributed by atoms with Crippen LogP contribution in [0.4, 0.5) is 5.82 Å². The van der Waals surface area contributed by atoms with Crippen LogP contribution in [0.15, 0.2) is 12.5 Å². The number of nitrogens with zero attached hydrogens (tertiary/aromatic N) is 4. The molecular weight excluding hydrogens is 166 g/mol. The Hall–Kier alpha value is -1.67. The third-order valence-corrected chi connectivity index (χ3v) is 1.64. The van der Waals surface area contributed by atoms with Crippen LogP contribution in [-0.2, 0) is 0 Å².